The van der Waals surface area contributed by atoms with E-state index in [1.54, 1.807) is 7.11 Å². The molecule has 1 aromatic rings. The number of ether oxygens (including phenoxy) is 1. The standard InChI is InChI=1S/C9H12F3N3OS/c1-16-6-3-2-5(4-6)13-8-14-7(15-17-8)9(10,11)12/h5-6H,2-4H2,1H3,(H,13,14,15). The molecule has 0 saturated heterocycles. The van der Waals surface area contributed by atoms with Gasteiger partial charge in [-0.1, -0.05) is 0 Å². The minimum atomic E-state index is -4.47. The summed E-state index contributed by atoms with van der Waals surface area (Å²) in [4.78, 5) is 3.43. The Bertz CT molecular complexity index is 382. The van der Waals surface area contributed by atoms with Gasteiger partial charge in [0.25, 0.3) is 0 Å². The molecular weight excluding hydrogens is 255 g/mol. The van der Waals surface area contributed by atoms with Crippen molar-refractivity contribution >= 4 is 16.7 Å². The van der Waals surface area contributed by atoms with Crippen molar-refractivity contribution in [3.05, 3.63) is 5.82 Å². The van der Waals surface area contributed by atoms with Crippen molar-refractivity contribution in [2.75, 3.05) is 12.4 Å². The molecule has 1 saturated carbocycles. The Morgan fingerprint density at radius 3 is 2.71 bits per heavy atom. The van der Waals surface area contributed by atoms with Gasteiger partial charge in [0.2, 0.25) is 11.0 Å². The van der Waals surface area contributed by atoms with Crippen molar-refractivity contribution in [2.45, 2.75) is 37.6 Å². The molecule has 1 fully saturated rings. The summed E-state index contributed by atoms with van der Waals surface area (Å²) >= 11 is 0.739. The van der Waals surface area contributed by atoms with Crippen LogP contribution in [0.15, 0.2) is 0 Å². The van der Waals surface area contributed by atoms with Crippen LogP contribution in [0, 0.1) is 0 Å². The number of aromatic nitrogens is 2. The molecular formula is C9H12F3N3OS. The first-order chi connectivity index (χ1) is 7.99. The average Bonchev–Trinajstić information content (AvgIpc) is 2.86. The van der Waals surface area contributed by atoms with Crippen molar-refractivity contribution < 1.29 is 17.9 Å². The molecule has 1 aliphatic rings. The van der Waals surface area contributed by atoms with Crippen LogP contribution in [0.4, 0.5) is 18.3 Å². The van der Waals surface area contributed by atoms with Crippen LogP contribution in [0.2, 0.25) is 0 Å². The molecule has 0 amide bonds. The van der Waals surface area contributed by atoms with Crippen LogP contribution < -0.4 is 5.32 Å². The Balaban J connectivity index is 1.94. The summed E-state index contributed by atoms with van der Waals surface area (Å²) in [6.45, 7) is 0. The highest BCUT2D eigenvalue weighted by Gasteiger charge is 2.36. The maximum atomic E-state index is 12.3. The lowest BCUT2D eigenvalue weighted by molar-refractivity contribution is -0.144. The summed E-state index contributed by atoms with van der Waals surface area (Å²) in [6.07, 6.45) is -1.71. The van der Waals surface area contributed by atoms with Gasteiger partial charge in [-0.15, -0.1) is 0 Å². The number of rotatable bonds is 3. The molecule has 4 nitrogen and oxygen atoms in total. The molecule has 8 heteroatoms. The third-order valence-corrected chi connectivity index (χ3v) is 3.37. The minimum Gasteiger partial charge on any atom is -0.381 e. The van der Waals surface area contributed by atoms with E-state index in [9.17, 15) is 13.2 Å². The number of alkyl halides is 3. The van der Waals surface area contributed by atoms with Gasteiger partial charge in [0, 0.05) is 24.7 Å². The molecule has 17 heavy (non-hydrogen) atoms. The van der Waals surface area contributed by atoms with Crippen LogP contribution in [0.1, 0.15) is 25.1 Å². The largest absolute Gasteiger partial charge is 0.452 e. The maximum Gasteiger partial charge on any atom is 0.452 e. The zero-order chi connectivity index (χ0) is 12.5. The van der Waals surface area contributed by atoms with Crippen molar-refractivity contribution in [3.63, 3.8) is 0 Å². The van der Waals surface area contributed by atoms with E-state index < -0.39 is 12.0 Å². The van der Waals surface area contributed by atoms with Gasteiger partial charge in [-0.3, -0.25) is 0 Å². The summed E-state index contributed by atoms with van der Waals surface area (Å²) in [7, 11) is 1.64. The highest BCUT2D eigenvalue weighted by atomic mass is 32.1. The molecule has 0 aliphatic heterocycles. The first-order valence-electron chi connectivity index (χ1n) is 5.19. The van der Waals surface area contributed by atoms with Crippen molar-refractivity contribution in [1.29, 1.82) is 0 Å². The molecule has 1 aromatic heterocycles. The molecule has 1 heterocycles. The highest BCUT2D eigenvalue weighted by molar-refractivity contribution is 7.09. The Hall–Kier alpha value is -0.890. The molecule has 2 atom stereocenters. The number of halogens is 3. The van der Waals surface area contributed by atoms with Crippen LogP contribution in [-0.2, 0) is 10.9 Å². The Kier molecular flexibility index (Phi) is 3.53. The lowest BCUT2D eigenvalue weighted by Crippen LogP contribution is -2.17. The van der Waals surface area contributed by atoms with Crippen LogP contribution in [-0.4, -0.2) is 28.6 Å². The highest BCUT2D eigenvalue weighted by Crippen LogP contribution is 2.30. The Morgan fingerprint density at radius 1 is 1.41 bits per heavy atom. The fourth-order valence-electron chi connectivity index (χ4n) is 1.86. The summed E-state index contributed by atoms with van der Waals surface area (Å²) in [5, 5.41) is 3.18. The minimum absolute atomic E-state index is 0.119. The zero-order valence-corrected chi connectivity index (χ0v) is 9.94. The van der Waals surface area contributed by atoms with Gasteiger partial charge in [0.15, 0.2) is 0 Å². The van der Waals surface area contributed by atoms with E-state index in [-0.39, 0.29) is 17.3 Å². The summed E-state index contributed by atoms with van der Waals surface area (Å²) < 4.78 is 45.3. The van der Waals surface area contributed by atoms with E-state index in [1.807, 2.05) is 0 Å². The summed E-state index contributed by atoms with van der Waals surface area (Å²) in [5.74, 6) is -1.08. The predicted molar refractivity (Wildman–Crippen MR) is 57.0 cm³/mol. The van der Waals surface area contributed by atoms with Gasteiger partial charge in [-0.05, 0) is 19.3 Å². The molecule has 96 valence electrons. The van der Waals surface area contributed by atoms with Crippen LogP contribution in [0.5, 0.6) is 0 Å². The number of nitrogens with one attached hydrogen (secondary N) is 1. The van der Waals surface area contributed by atoms with E-state index in [0.717, 1.165) is 30.8 Å². The fourth-order valence-corrected chi connectivity index (χ4v) is 2.52. The zero-order valence-electron chi connectivity index (χ0n) is 9.12. The SMILES string of the molecule is COC1CCC(Nc2nc(C(F)(F)F)ns2)C1. The molecule has 1 aliphatic carbocycles. The Labute approximate surface area is 100 Å². The number of nitrogens with zero attached hydrogens (tertiary/aromatic N) is 2. The lowest BCUT2D eigenvalue weighted by atomic mass is 10.2. The third-order valence-electron chi connectivity index (χ3n) is 2.73. The first-order valence-corrected chi connectivity index (χ1v) is 5.96. The van der Waals surface area contributed by atoms with E-state index in [0.29, 0.717) is 0 Å². The second-order valence-electron chi connectivity index (χ2n) is 3.93. The van der Waals surface area contributed by atoms with Crippen molar-refractivity contribution in [2.24, 2.45) is 0 Å². The van der Waals surface area contributed by atoms with Crippen LogP contribution >= 0.6 is 11.5 Å². The van der Waals surface area contributed by atoms with E-state index in [1.165, 1.54) is 0 Å². The number of hydrogen-bond donors (Lipinski definition) is 1. The van der Waals surface area contributed by atoms with Crippen molar-refractivity contribution in [3.8, 4) is 0 Å². The number of hydrogen-bond acceptors (Lipinski definition) is 5. The quantitative estimate of drug-likeness (QED) is 0.914. The van der Waals surface area contributed by atoms with Gasteiger partial charge >= 0.3 is 6.18 Å². The molecule has 0 aromatic carbocycles. The van der Waals surface area contributed by atoms with Gasteiger partial charge in [-0.25, -0.2) is 0 Å². The van der Waals surface area contributed by atoms with E-state index in [2.05, 4.69) is 14.7 Å². The molecule has 0 spiro atoms. The van der Waals surface area contributed by atoms with E-state index >= 15 is 0 Å². The first kappa shape index (κ1) is 12.6. The Morgan fingerprint density at radius 2 is 2.18 bits per heavy atom. The van der Waals surface area contributed by atoms with Crippen LogP contribution in [0.3, 0.4) is 0 Å². The maximum absolute atomic E-state index is 12.3. The van der Waals surface area contributed by atoms with Crippen molar-refractivity contribution in [1.82, 2.24) is 9.36 Å². The normalized spacial score (nSPS) is 25.2. The summed E-state index contributed by atoms with van der Waals surface area (Å²) in [5.41, 5.74) is 0. The monoisotopic (exact) mass is 267 g/mol. The second kappa shape index (κ2) is 4.77. The predicted octanol–water partition coefficient (Wildman–Crippen LogP) is 2.54. The summed E-state index contributed by atoms with van der Waals surface area (Å²) in [6, 6.07) is 0.119. The molecule has 2 rings (SSSR count). The topological polar surface area (TPSA) is 47.0 Å². The molecule has 0 bridgehead atoms. The van der Waals surface area contributed by atoms with Crippen LogP contribution in [0.25, 0.3) is 0 Å². The third kappa shape index (κ3) is 3.06. The number of methoxy groups -OCH3 is 1. The number of anilines is 1. The molecule has 1 N–H and O–H groups in total. The van der Waals surface area contributed by atoms with Gasteiger partial charge in [0.05, 0.1) is 6.10 Å². The molecule has 2 unspecified atom stereocenters. The lowest BCUT2D eigenvalue weighted by Gasteiger charge is -2.10. The van der Waals surface area contributed by atoms with Gasteiger partial charge in [0.1, 0.15) is 0 Å². The smallest absolute Gasteiger partial charge is 0.381 e. The molecule has 0 radical (unpaired) electrons. The van der Waals surface area contributed by atoms with E-state index in [4.69, 9.17) is 4.74 Å². The van der Waals surface area contributed by atoms with Gasteiger partial charge in [-0.2, -0.15) is 22.5 Å². The van der Waals surface area contributed by atoms with Gasteiger partial charge < -0.3 is 10.1 Å². The average molecular weight is 267 g/mol. The second-order valence-corrected chi connectivity index (χ2v) is 4.68. The fraction of sp³-hybridized carbons (Fsp3) is 0.778.